The zero-order valence-electron chi connectivity index (χ0n) is 13.5. The van der Waals surface area contributed by atoms with E-state index in [1.807, 2.05) is 0 Å². The SMILES string of the molecule is COC(=O)c1coc(C(C2CCC(=O)C2)S(=O)(=O)c2ccccc2)n1. The van der Waals surface area contributed by atoms with Crippen molar-refractivity contribution in [2.75, 3.05) is 7.11 Å². The summed E-state index contributed by atoms with van der Waals surface area (Å²) >= 11 is 0. The number of ether oxygens (including phenoxy) is 1. The number of carbonyl (C=O) groups is 2. The topological polar surface area (TPSA) is 104 Å². The number of carbonyl (C=O) groups excluding carboxylic acids is 2. The fourth-order valence-electron chi connectivity index (χ4n) is 3.06. The number of esters is 1. The third kappa shape index (κ3) is 3.34. The van der Waals surface area contributed by atoms with Gasteiger partial charge in [-0.25, -0.2) is 18.2 Å². The lowest BCUT2D eigenvalue weighted by Gasteiger charge is -2.20. The van der Waals surface area contributed by atoms with Crippen LogP contribution in [0.15, 0.2) is 45.9 Å². The molecule has 2 aromatic rings. The van der Waals surface area contributed by atoms with Crippen LogP contribution < -0.4 is 0 Å². The number of rotatable bonds is 5. The molecule has 1 fully saturated rings. The molecule has 0 amide bonds. The van der Waals surface area contributed by atoms with E-state index in [1.165, 1.54) is 19.2 Å². The predicted molar refractivity (Wildman–Crippen MR) is 86.6 cm³/mol. The van der Waals surface area contributed by atoms with Crippen molar-refractivity contribution in [3.63, 3.8) is 0 Å². The smallest absolute Gasteiger partial charge is 0.360 e. The fraction of sp³-hybridized carbons (Fsp3) is 0.353. The van der Waals surface area contributed by atoms with Crippen molar-refractivity contribution >= 4 is 21.6 Å². The molecular formula is C17H17NO6S. The van der Waals surface area contributed by atoms with Crippen LogP contribution in [0.2, 0.25) is 0 Å². The molecule has 0 bridgehead atoms. The molecule has 0 saturated heterocycles. The summed E-state index contributed by atoms with van der Waals surface area (Å²) in [6.07, 6.45) is 1.99. The van der Waals surface area contributed by atoms with Gasteiger partial charge in [0, 0.05) is 12.8 Å². The van der Waals surface area contributed by atoms with Crippen LogP contribution in [-0.4, -0.2) is 32.3 Å². The van der Waals surface area contributed by atoms with Crippen LogP contribution in [0.5, 0.6) is 0 Å². The van der Waals surface area contributed by atoms with Crippen molar-refractivity contribution in [3.05, 3.63) is 48.2 Å². The first kappa shape index (κ1) is 17.3. The van der Waals surface area contributed by atoms with Crippen molar-refractivity contribution in [2.45, 2.75) is 29.4 Å². The van der Waals surface area contributed by atoms with Crippen molar-refractivity contribution in [2.24, 2.45) is 5.92 Å². The van der Waals surface area contributed by atoms with Gasteiger partial charge >= 0.3 is 5.97 Å². The summed E-state index contributed by atoms with van der Waals surface area (Å²) < 4.78 is 36.2. The monoisotopic (exact) mass is 363 g/mol. The number of hydrogen-bond acceptors (Lipinski definition) is 7. The quantitative estimate of drug-likeness (QED) is 0.751. The minimum Gasteiger partial charge on any atom is -0.464 e. The summed E-state index contributed by atoms with van der Waals surface area (Å²) in [6.45, 7) is 0. The summed E-state index contributed by atoms with van der Waals surface area (Å²) in [6, 6.07) is 7.94. The molecular weight excluding hydrogens is 346 g/mol. The van der Waals surface area contributed by atoms with Crippen LogP contribution >= 0.6 is 0 Å². The Bertz CT molecular complexity index is 887. The molecule has 1 aliphatic rings. The first-order chi connectivity index (χ1) is 11.9. The maximum absolute atomic E-state index is 13.1. The maximum atomic E-state index is 13.1. The lowest BCUT2D eigenvalue weighted by Crippen LogP contribution is -2.22. The highest BCUT2D eigenvalue weighted by atomic mass is 32.2. The van der Waals surface area contributed by atoms with Crippen molar-refractivity contribution < 1.29 is 27.2 Å². The number of methoxy groups -OCH3 is 1. The lowest BCUT2D eigenvalue weighted by atomic mass is 10.0. The molecule has 7 nitrogen and oxygen atoms in total. The van der Waals surface area contributed by atoms with E-state index in [0.29, 0.717) is 12.8 Å². The lowest BCUT2D eigenvalue weighted by molar-refractivity contribution is -0.117. The Kier molecular flexibility index (Phi) is 4.71. The van der Waals surface area contributed by atoms with Gasteiger partial charge in [-0.2, -0.15) is 0 Å². The number of oxazole rings is 1. The molecule has 0 spiro atoms. The zero-order valence-corrected chi connectivity index (χ0v) is 14.4. The standard InChI is InChI=1S/C17H17NO6S/c1-23-17(20)14-10-24-16(18-14)15(11-7-8-12(19)9-11)25(21,22)13-5-3-2-4-6-13/h2-6,10-11,15H,7-9H2,1H3. The summed E-state index contributed by atoms with van der Waals surface area (Å²) in [5.41, 5.74) is -0.102. The molecule has 1 heterocycles. The van der Waals surface area contributed by atoms with Crippen molar-refractivity contribution in [3.8, 4) is 0 Å². The Labute approximate surface area is 144 Å². The minimum absolute atomic E-state index is 0.0120. The summed E-state index contributed by atoms with van der Waals surface area (Å²) in [4.78, 5) is 27.4. The summed E-state index contributed by atoms with van der Waals surface area (Å²) in [5.74, 6) is -1.24. The highest BCUT2D eigenvalue weighted by Gasteiger charge is 2.43. The van der Waals surface area contributed by atoms with Gasteiger partial charge in [0.1, 0.15) is 17.3 Å². The molecule has 8 heteroatoms. The van der Waals surface area contributed by atoms with E-state index in [9.17, 15) is 18.0 Å². The number of nitrogens with zero attached hydrogens (tertiary/aromatic N) is 1. The molecule has 1 aromatic carbocycles. The summed E-state index contributed by atoms with van der Waals surface area (Å²) in [5, 5.41) is -1.13. The third-order valence-electron chi connectivity index (χ3n) is 4.28. The van der Waals surface area contributed by atoms with E-state index in [0.717, 1.165) is 6.26 Å². The van der Waals surface area contributed by atoms with Gasteiger partial charge in [0.2, 0.25) is 5.89 Å². The largest absolute Gasteiger partial charge is 0.464 e. The van der Waals surface area contributed by atoms with Gasteiger partial charge in [-0.15, -0.1) is 0 Å². The van der Waals surface area contributed by atoms with E-state index in [1.54, 1.807) is 18.2 Å². The zero-order chi connectivity index (χ0) is 18.0. The second-order valence-corrected chi connectivity index (χ2v) is 7.95. The molecule has 2 atom stereocenters. The molecule has 3 rings (SSSR count). The van der Waals surface area contributed by atoms with E-state index in [2.05, 4.69) is 9.72 Å². The average Bonchev–Trinajstić information content (AvgIpc) is 3.25. The molecule has 0 N–H and O–H groups in total. The van der Waals surface area contributed by atoms with Gasteiger partial charge in [0.25, 0.3) is 0 Å². The Hall–Kier alpha value is -2.48. The fourth-order valence-corrected chi connectivity index (χ4v) is 5.00. The van der Waals surface area contributed by atoms with Crippen LogP contribution in [0.4, 0.5) is 0 Å². The van der Waals surface area contributed by atoms with Crippen molar-refractivity contribution in [1.29, 1.82) is 0 Å². The summed E-state index contributed by atoms with van der Waals surface area (Å²) in [7, 11) is -2.64. The average molecular weight is 363 g/mol. The highest BCUT2D eigenvalue weighted by molar-refractivity contribution is 7.91. The normalized spacial score (nSPS) is 18.9. The number of hydrogen-bond donors (Lipinski definition) is 0. The van der Waals surface area contributed by atoms with Crippen LogP contribution in [0.3, 0.4) is 0 Å². The first-order valence-corrected chi connectivity index (χ1v) is 9.32. The second kappa shape index (κ2) is 6.79. The third-order valence-corrected chi connectivity index (χ3v) is 6.46. The van der Waals surface area contributed by atoms with Gasteiger partial charge in [-0.05, 0) is 24.5 Å². The predicted octanol–water partition coefficient (Wildman–Crippen LogP) is 2.35. The van der Waals surface area contributed by atoms with Gasteiger partial charge in [0.05, 0.1) is 12.0 Å². The Morgan fingerprint density at radius 2 is 2.04 bits per heavy atom. The Balaban J connectivity index is 2.06. The minimum atomic E-state index is -3.84. The number of sulfone groups is 1. The second-order valence-electron chi connectivity index (χ2n) is 5.88. The number of aromatic nitrogens is 1. The van der Waals surface area contributed by atoms with Crippen LogP contribution in [-0.2, 0) is 19.4 Å². The number of ketones is 1. The number of Topliss-reactive ketones (excluding diaryl/α,β-unsaturated/α-hetero) is 1. The van der Waals surface area contributed by atoms with Crippen LogP contribution in [0, 0.1) is 5.92 Å². The molecule has 1 aromatic heterocycles. The maximum Gasteiger partial charge on any atom is 0.360 e. The van der Waals surface area contributed by atoms with E-state index in [-0.39, 0.29) is 28.7 Å². The molecule has 0 radical (unpaired) electrons. The van der Waals surface area contributed by atoms with E-state index < -0.39 is 27.0 Å². The van der Waals surface area contributed by atoms with E-state index >= 15 is 0 Å². The van der Waals surface area contributed by atoms with Gasteiger partial charge in [0.15, 0.2) is 15.5 Å². The molecule has 0 aliphatic heterocycles. The highest BCUT2D eigenvalue weighted by Crippen LogP contribution is 2.41. The molecule has 25 heavy (non-hydrogen) atoms. The molecule has 132 valence electrons. The molecule has 2 unspecified atom stereocenters. The Morgan fingerprint density at radius 3 is 2.64 bits per heavy atom. The van der Waals surface area contributed by atoms with Crippen LogP contribution in [0.1, 0.15) is 40.9 Å². The van der Waals surface area contributed by atoms with Gasteiger partial charge in [-0.3, -0.25) is 4.79 Å². The first-order valence-electron chi connectivity index (χ1n) is 7.78. The van der Waals surface area contributed by atoms with Crippen LogP contribution in [0.25, 0.3) is 0 Å². The van der Waals surface area contributed by atoms with E-state index in [4.69, 9.17) is 4.42 Å². The number of benzene rings is 1. The Morgan fingerprint density at radius 1 is 1.32 bits per heavy atom. The molecule has 1 aliphatic carbocycles. The van der Waals surface area contributed by atoms with Crippen molar-refractivity contribution in [1.82, 2.24) is 4.98 Å². The molecule has 1 saturated carbocycles. The van der Waals surface area contributed by atoms with Gasteiger partial charge in [-0.1, -0.05) is 18.2 Å². The van der Waals surface area contributed by atoms with Gasteiger partial charge < -0.3 is 9.15 Å².